The molecule has 0 radical (unpaired) electrons. The number of pyridine rings is 1. The van der Waals surface area contributed by atoms with E-state index >= 15 is 0 Å². The van der Waals surface area contributed by atoms with E-state index in [1.807, 2.05) is 30.5 Å². The first-order chi connectivity index (χ1) is 15.5. The van der Waals surface area contributed by atoms with Crippen molar-refractivity contribution in [2.24, 2.45) is 0 Å². The van der Waals surface area contributed by atoms with Gasteiger partial charge in [0.05, 0.1) is 21.6 Å². The van der Waals surface area contributed by atoms with Gasteiger partial charge in [-0.25, -0.2) is 14.6 Å². The van der Waals surface area contributed by atoms with Gasteiger partial charge in [-0.05, 0) is 62.8 Å². The summed E-state index contributed by atoms with van der Waals surface area (Å²) in [7, 11) is 2.14. The van der Waals surface area contributed by atoms with Crippen LogP contribution in [0.1, 0.15) is 24.2 Å². The third-order valence-electron chi connectivity index (χ3n) is 5.84. The second-order valence-corrected chi connectivity index (χ2v) is 8.64. The fourth-order valence-electron chi connectivity index (χ4n) is 4.03. The third-order valence-corrected chi connectivity index (χ3v) is 6.15. The maximum atomic E-state index is 12.7. The number of hydrogen-bond donors (Lipinski definition) is 2. The number of fused-ring (bicyclic) bond motifs is 1. The Balaban J connectivity index is 1.39. The fraction of sp³-hybridized carbons (Fsp3) is 0.304. The molecule has 1 saturated heterocycles. The molecule has 0 spiro atoms. The minimum atomic E-state index is -0.195. The average molecular weight is 450 g/mol. The number of anilines is 1. The number of nitrogens with zero attached hydrogens (tertiary/aromatic N) is 5. The highest BCUT2D eigenvalue weighted by Crippen LogP contribution is 2.28. The van der Waals surface area contributed by atoms with Crippen LogP contribution in [0.2, 0.25) is 5.02 Å². The lowest BCUT2D eigenvalue weighted by Crippen LogP contribution is -2.36. The van der Waals surface area contributed by atoms with E-state index in [0.29, 0.717) is 34.2 Å². The molecular formula is C23H24ClN7O. The Bertz CT molecular complexity index is 1280. The standard InChI is InChI=1S/C23H24ClN7O/c1-30-9-5-16(6-10-30)27-20-13-19-17(12-18(20)24)23(32)29-21(28-19)11-15-3-4-22(25-14-15)31-8-2-7-26-31/h2-4,7-8,12-14,16,27H,5-6,9-11H2,1H3,(H,28,29,32). The van der Waals surface area contributed by atoms with E-state index in [4.69, 9.17) is 16.6 Å². The lowest BCUT2D eigenvalue weighted by atomic mass is 10.0. The Hall–Kier alpha value is -3.23. The number of H-pyrrole nitrogens is 1. The van der Waals surface area contributed by atoms with Crippen molar-refractivity contribution in [3.63, 3.8) is 0 Å². The van der Waals surface area contributed by atoms with Gasteiger partial charge in [0.2, 0.25) is 0 Å². The molecule has 5 rings (SSSR count). The van der Waals surface area contributed by atoms with E-state index in [0.717, 1.165) is 43.0 Å². The van der Waals surface area contributed by atoms with Crippen LogP contribution in [0.4, 0.5) is 5.69 Å². The van der Waals surface area contributed by atoms with Gasteiger partial charge in [0, 0.05) is 31.1 Å². The van der Waals surface area contributed by atoms with Gasteiger partial charge < -0.3 is 15.2 Å². The van der Waals surface area contributed by atoms with Crippen LogP contribution in [0.15, 0.2) is 53.7 Å². The third kappa shape index (κ3) is 4.37. The normalized spacial score (nSPS) is 15.3. The molecule has 0 unspecified atom stereocenters. The van der Waals surface area contributed by atoms with Crippen LogP contribution in [0, 0.1) is 0 Å². The van der Waals surface area contributed by atoms with E-state index in [2.05, 4.69) is 32.3 Å². The molecular weight excluding hydrogens is 426 g/mol. The molecule has 4 aromatic rings. The van der Waals surface area contributed by atoms with Crippen molar-refractivity contribution in [3.05, 3.63) is 75.7 Å². The number of nitrogens with one attached hydrogen (secondary N) is 2. The van der Waals surface area contributed by atoms with Crippen LogP contribution >= 0.6 is 11.6 Å². The molecule has 164 valence electrons. The van der Waals surface area contributed by atoms with Gasteiger partial charge in [-0.3, -0.25) is 4.79 Å². The van der Waals surface area contributed by atoms with Crippen molar-refractivity contribution in [2.45, 2.75) is 25.3 Å². The molecule has 1 aliphatic rings. The highest BCUT2D eigenvalue weighted by Gasteiger charge is 2.18. The van der Waals surface area contributed by atoms with Gasteiger partial charge >= 0.3 is 0 Å². The summed E-state index contributed by atoms with van der Waals surface area (Å²) in [5, 5.41) is 8.75. The molecule has 1 fully saturated rings. The Kier molecular flexibility index (Phi) is 5.63. The Morgan fingerprint density at radius 2 is 2.09 bits per heavy atom. The highest BCUT2D eigenvalue weighted by atomic mass is 35.5. The molecule has 1 aromatic carbocycles. The lowest BCUT2D eigenvalue weighted by molar-refractivity contribution is 0.264. The summed E-state index contributed by atoms with van der Waals surface area (Å²) in [6, 6.07) is 9.65. The van der Waals surface area contributed by atoms with E-state index in [-0.39, 0.29) is 5.56 Å². The summed E-state index contributed by atoms with van der Waals surface area (Å²) >= 11 is 6.48. The van der Waals surface area contributed by atoms with Crippen LogP contribution in [-0.4, -0.2) is 55.8 Å². The van der Waals surface area contributed by atoms with Gasteiger partial charge in [0.1, 0.15) is 5.82 Å². The molecule has 0 saturated carbocycles. The van der Waals surface area contributed by atoms with Crippen molar-refractivity contribution in [1.29, 1.82) is 0 Å². The van der Waals surface area contributed by atoms with Crippen molar-refractivity contribution < 1.29 is 0 Å². The second kappa shape index (κ2) is 8.72. The quantitative estimate of drug-likeness (QED) is 0.486. The lowest BCUT2D eigenvalue weighted by Gasteiger charge is -2.30. The van der Waals surface area contributed by atoms with E-state index in [9.17, 15) is 4.79 Å². The van der Waals surface area contributed by atoms with Gasteiger partial charge in [-0.1, -0.05) is 17.7 Å². The second-order valence-electron chi connectivity index (χ2n) is 8.24. The van der Waals surface area contributed by atoms with Gasteiger partial charge in [-0.15, -0.1) is 0 Å². The number of benzene rings is 1. The first kappa shape index (κ1) is 20.7. The molecule has 2 N–H and O–H groups in total. The van der Waals surface area contributed by atoms with Crippen molar-refractivity contribution in [3.8, 4) is 5.82 Å². The predicted molar refractivity (Wildman–Crippen MR) is 126 cm³/mol. The molecule has 1 aliphatic heterocycles. The molecule has 8 nitrogen and oxygen atoms in total. The maximum absolute atomic E-state index is 12.7. The van der Waals surface area contributed by atoms with Crippen molar-refractivity contribution >= 4 is 28.2 Å². The van der Waals surface area contributed by atoms with Gasteiger partial charge in [-0.2, -0.15) is 5.10 Å². The summed E-state index contributed by atoms with van der Waals surface area (Å²) in [4.78, 5) is 27.0. The minimum Gasteiger partial charge on any atom is -0.381 e. The van der Waals surface area contributed by atoms with Crippen LogP contribution in [0.3, 0.4) is 0 Å². The van der Waals surface area contributed by atoms with Crippen molar-refractivity contribution in [1.82, 2.24) is 29.6 Å². The Morgan fingerprint density at radius 3 is 2.81 bits per heavy atom. The first-order valence-corrected chi connectivity index (χ1v) is 11.1. The Morgan fingerprint density at radius 1 is 1.25 bits per heavy atom. The first-order valence-electron chi connectivity index (χ1n) is 10.7. The van der Waals surface area contributed by atoms with Crippen molar-refractivity contribution in [2.75, 3.05) is 25.5 Å². The number of piperidine rings is 1. The summed E-state index contributed by atoms with van der Waals surface area (Å²) in [6.07, 6.45) is 7.91. The van der Waals surface area contributed by atoms with E-state index in [1.54, 1.807) is 23.1 Å². The summed E-state index contributed by atoms with van der Waals surface area (Å²) < 4.78 is 1.70. The number of aromatic nitrogens is 5. The van der Waals surface area contributed by atoms with E-state index < -0.39 is 0 Å². The number of halogens is 1. The smallest absolute Gasteiger partial charge is 0.258 e. The average Bonchev–Trinajstić information content (AvgIpc) is 3.32. The number of likely N-dealkylation sites (tertiary alicyclic amines) is 1. The highest BCUT2D eigenvalue weighted by molar-refractivity contribution is 6.34. The van der Waals surface area contributed by atoms with Crippen LogP contribution in [0.5, 0.6) is 0 Å². The zero-order chi connectivity index (χ0) is 22.1. The van der Waals surface area contributed by atoms with Crippen LogP contribution in [0.25, 0.3) is 16.7 Å². The number of hydrogen-bond acceptors (Lipinski definition) is 6. The number of aromatic amines is 1. The predicted octanol–water partition coefficient (Wildman–Crippen LogP) is 3.25. The molecule has 0 amide bonds. The zero-order valence-electron chi connectivity index (χ0n) is 17.8. The summed E-state index contributed by atoms with van der Waals surface area (Å²) in [5.74, 6) is 1.32. The topological polar surface area (TPSA) is 91.7 Å². The van der Waals surface area contributed by atoms with Crippen LogP contribution < -0.4 is 10.9 Å². The fourth-order valence-corrected chi connectivity index (χ4v) is 4.25. The monoisotopic (exact) mass is 449 g/mol. The molecule has 3 aromatic heterocycles. The minimum absolute atomic E-state index is 0.195. The Labute approximate surface area is 190 Å². The SMILES string of the molecule is CN1CCC(Nc2cc3nc(Cc4ccc(-n5cccn5)nc4)[nH]c(=O)c3cc2Cl)CC1. The summed E-state index contributed by atoms with van der Waals surface area (Å²) in [5.41, 5.74) is 2.20. The number of rotatable bonds is 5. The largest absolute Gasteiger partial charge is 0.381 e. The molecule has 0 bridgehead atoms. The zero-order valence-corrected chi connectivity index (χ0v) is 18.5. The molecule has 32 heavy (non-hydrogen) atoms. The maximum Gasteiger partial charge on any atom is 0.258 e. The molecule has 4 heterocycles. The molecule has 0 aliphatic carbocycles. The summed E-state index contributed by atoms with van der Waals surface area (Å²) in [6.45, 7) is 2.11. The molecule has 0 atom stereocenters. The van der Waals surface area contributed by atoms with Gasteiger partial charge in [0.25, 0.3) is 5.56 Å². The van der Waals surface area contributed by atoms with Crippen LogP contribution in [-0.2, 0) is 6.42 Å². The van der Waals surface area contributed by atoms with E-state index in [1.165, 1.54) is 0 Å². The van der Waals surface area contributed by atoms with Gasteiger partial charge in [0.15, 0.2) is 5.82 Å². The molecule has 9 heteroatoms.